The van der Waals surface area contributed by atoms with E-state index in [1.54, 1.807) is 0 Å². The van der Waals surface area contributed by atoms with Gasteiger partial charge < -0.3 is 15.5 Å². The van der Waals surface area contributed by atoms with Crippen LogP contribution in [0.25, 0.3) is 0 Å². The number of carboxylic acids is 1. The first-order valence-electron chi connectivity index (χ1n) is 6.49. The topological polar surface area (TPSA) is 69.6 Å². The molecule has 110 valence electrons. The molecule has 2 rings (SSSR count). The lowest BCUT2D eigenvalue weighted by molar-refractivity contribution is -0.141. The zero-order valence-electron chi connectivity index (χ0n) is 10.9. The molecule has 3 N–H and O–H groups in total. The Kier molecular flexibility index (Phi) is 4.23. The number of carboxylic acid groups (broad SMARTS) is 1. The van der Waals surface area contributed by atoms with E-state index in [-0.39, 0.29) is 31.7 Å². The Morgan fingerprint density at radius 3 is 2.90 bits per heavy atom. The highest BCUT2D eigenvalue weighted by Gasteiger charge is 2.41. The number of hydrogen-bond acceptors (Lipinski definition) is 3. The molecule has 1 saturated carbocycles. The zero-order valence-corrected chi connectivity index (χ0v) is 10.9. The molecule has 4 nitrogen and oxygen atoms in total. The standard InChI is InChI=1S/C14H17F2NO3/c15-11-1-2-12(18)10(5-11)7-17-8-14(16)4-3-9(6-14)13(19)20/h1-2,5,9,17-18H,3-4,6-8H2,(H,19,20)/t9-,14-/m1/s1. The molecule has 0 heterocycles. The van der Waals surface area contributed by atoms with E-state index in [1.807, 2.05) is 0 Å². The molecule has 0 radical (unpaired) electrons. The van der Waals surface area contributed by atoms with Crippen LogP contribution in [-0.2, 0) is 11.3 Å². The number of hydrogen-bond donors (Lipinski definition) is 3. The Labute approximate surface area is 115 Å². The Morgan fingerprint density at radius 2 is 2.25 bits per heavy atom. The molecule has 0 bridgehead atoms. The van der Waals surface area contributed by atoms with Crippen LogP contribution in [0.3, 0.4) is 0 Å². The summed E-state index contributed by atoms with van der Waals surface area (Å²) in [7, 11) is 0. The van der Waals surface area contributed by atoms with Gasteiger partial charge in [-0.2, -0.15) is 0 Å². The Bertz CT molecular complexity index is 509. The summed E-state index contributed by atoms with van der Waals surface area (Å²) in [6.07, 6.45) is 0.523. The monoisotopic (exact) mass is 285 g/mol. The molecule has 2 atom stereocenters. The lowest BCUT2D eigenvalue weighted by atomic mass is 10.0. The second-order valence-electron chi connectivity index (χ2n) is 5.31. The van der Waals surface area contributed by atoms with Crippen molar-refractivity contribution in [1.82, 2.24) is 5.32 Å². The van der Waals surface area contributed by atoms with Gasteiger partial charge in [-0.25, -0.2) is 8.78 Å². The first-order valence-corrected chi connectivity index (χ1v) is 6.49. The number of rotatable bonds is 5. The third kappa shape index (κ3) is 3.45. The first kappa shape index (κ1) is 14.7. The van der Waals surface area contributed by atoms with Crippen LogP contribution in [0.5, 0.6) is 5.75 Å². The molecule has 20 heavy (non-hydrogen) atoms. The highest BCUT2D eigenvalue weighted by Crippen LogP contribution is 2.37. The lowest BCUT2D eigenvalue weighted by Crippen LogP contribution is -2.34. The van der Waals surface area contributed by atoms with Gasteiger partial charge in [0.2, 0.25) is 0 Å². The fourth-order valence-corrected chi connectivity index (χ4v) is 2.57. The van der Waals surface area contributed by atoms with Crippen molar-refractivity contribution in [2.45, 2.75) is 31.5 Å². The quantitative estimate of drug-likeness (QED) is 0.776. The van der Waals surface area contributed by atoms with Crippen molar-refractivity contribution in [3.63, 3.8) is 0 Å². The summed E-state index contributed by atoms with van der Waals surface area (Å²) < 4.78 is 27.4. The van der Waals surface area contributed by atoms with E-state index in [4.69, 9.17) is 5.11 Å². The predicted molar refractivity (Wildman–Crippen MR) is 68.6 cm³/mol. The van der Waals surface area contributed by atoms with Gasteiger partial charge in [0, 0.05) is 18.7 Å². The molecule has 0 aliphatic heterocycles. The minimum absolute atomic E-state index is 0.00721. The summed E-state index contributed by atoms with van der Waals surface area (Å²) >= 11 is 0. The molecule has 1 fully saturated rings. The zero-order chi connectivity index (χ0) is 14.8. The highest BCUT2D eigenvalue weighted by atomic mass is 19.1. The Morgan fingerprint density at radius 1 is 1.50 bits per heavy atom. The molecule has 0 saturated heterocycles. The van der Waals surface area contributed by atoms with E-state index in [2.05, 4.69) is 5.32 Å². The molecule has 0 unspecified atom stereocenters. The molecule has 1 aliphatic carbocycles. The Balaban J connectivity index is 1.87. The van der Waals surface area contributed by atoms with Crippen LogP contribution >= 0.6 is 0 Å². The number of nitrogens with one attached hydrogen (secondary N) is 1. The summed E-state index contributed by atoms with van der Waals surface area (Å²) in [5.74, 6) is -2.13. The van der Waals surface area contributed by atoms with Crippen LogP contribution in [0.2, 0.25) is 0 Å². The van der Waals surface area contributed by atoms with E-state index in [0.717, 1.165) is 6.07 Å². The van der Waals surface area contributed by atoms with Crippen molar-refractivity contribution in [1.29, 1.82) is 0 Å². The maximum absolute atomic E-state index is 14.3. The van der Waals surface area contributed by atoms with Gasteiger partial charge in [0.15, 0.2) is 0 Å². The summed E-state index contributed by atoms with van der Waals surface area (Å²) in [4.78, 5) is 10.8. The van der Waals surface area contributed by atoms with Crippen LogP contribution in [0.4, 0.5) is 8.78 Å². The number of aromatic hydroxyl groups is 1. The molecule has 1 aromatic rings. The highest BCUT2D eigenvalue weighted by molar-refractivity contribution is 5.70. The fourth-order valence-electron chi connectivity index (χ4n) is 2.57. The first-order chi connectivity index (χ1) is 9.39. The van der Waals surface area contributed by atoms with Crippen molar-refractivity contribution in [2.24, 2.45) is 5.92 Å². The van der Waals surface area contributed by atoms with Crippen LogP contribution in [0.1, 0.15) is 24.8 Å². The van der Waals surface area contributed by atoms with Crippen molar-refractivity contribution >= 4 is 5.97 Å². The molecular weight excluding hydrogens is 268 g/mol. The van der Waals surface area contributed by atoms with Crippen molar-refractivity contribution in [2.75, 3.05) is 6.54 Å². The second kappa shape index (κ2) is 5.75. The van der Waals surface area contributed by atoms with Crippen LogP contribution < -0.4 is 5.32 Å². The predicted octanol–water partition coefficient (Wildman–Crippen LogP) is 2.21. The molecule has 0 aromatic heterocycles. The molecule has 6 heteroatoms. The maximum atomic E-state index is 14.3. The molecule has 0 amide bonds. The van der Waals surface area contributed by atoms with Crippen molar-refractivity contribution in [3.05, 3.63) is 29.6 Å². The summed E-state index contributed by atoms with van der Waals surface area (Å²) in [5, 5.41) is 21.2. The third-order valence-corrected chi connectivity index (χ3v) is 3.70. The molecule has 1 aliphatic rings. The SMILES string of the molecule is O=C(O)[C@@H]1CC[C@](F)(CNCc2cc(F)ccc2O)C1. The minimum atomic E-state index is -1.55. The van der Waals surface area contributed by atoms with Gasteiger partial charge in [0.05, 0.1) is 5.92 Å². The normalized spacial score (nSPS) is 25.8. The van der Waals surface area contributed by atoms with Gasteiger partial charge in [-0.15, -0.1) is 0 Å². The van der Waals surface area contributed by atoms with Gasteiger partial charge in [0.1, 0.15) is 17.2 Å². The molecule has 1 aromatic carbocycles. The van der Waals surface area contributed by atoms with Gasteiger partial charge in [-0.3, -0.25) is 4.79 Å². The van der Waals surface area contributed by atoms with Crippen LogP contribution in [0, 0.1) is 11.7 Å². The lowest BCUT2D eigenvalue weighted by Gasteiger charge is -2.20. The largest absolute Gasteiger partial charge is 0.508 e. The number of carbonyl (C=O) groups is 1. The summed E-state index contributed by atoms with van der Waals surface area (Å²) in [6.45, 7) is 0.125. The van der Waals surface area contributed by atoms with Crippen LogP contribution in [0.15, 0.2) is 18.2 Å². The van der Waals surface area contributed by atoms with Gasteiger partial charge >= 0.3 is 5.97 Å². The maximum Gasteiger partial charge on any atom is 0.306 e. The average Bonchev–Trinajstić information content (AvgIpc) is 2.77. The van der Waals surface area contributed by atoms with Gasteiger partial charge in [0.25, 0.3) is 0 Å². The number of halogens is 2. The van der Waals surface area contributed by atoms with Crippen molar-refractivity contribution in [3.8, 4) is 5.75 Å². The number of benzene rings is 1. The second-order valence-corrected chi connectivity index (χ2v) is 5.31. The molecule has 0 spiro atoms. The Hall–Kier alpha value is -1.69. The van der Waals surface area contributed by atoms with E-state index < -0.39 is 23.4 Å². The number of phenols is 1. The molecular formula is C14H17F2NO3. The van der Waals surface area contributed by atoms with Crippen LogP contribution in [-0.4, -0.2) is 28.4 Å². The van der Waals surface area contributed by atoms with E-state index in [9.17, 15) is 18.7 Å². The fraction of sp³-hybridized carbons (Fsp3) is 0.500. The third-order valence-electron chi connectivity index (χ3n) is 3.70. The van der Waals surface area contributed by atoms with E-state index in [0.29, 0.717) is 12.0 Å². The van der Waals surface area contributed by atoms with E-state index >= 15 is 0 Å². The van der Waals surface area contributed by atoms with Crippen molar-refractivity contribution < 1.29 is 23.8 Å². The summed E-state index contributed by atoms with van der Waals surface area (Å²) in [5.41, 5.74) is -1.20. The average molecular weight is 285 g/mol. The smallest absolute Gasteiger partial charge is 0.306 e. The number of alkyl halides is 1. The number of phenolic OH excluding ortho intramolecular Hbond substituents is 1. The van der Waals surface area contributed by atoms with Gasteiger partial charge in [-0.1, -0.05) is 0 Å². The van der Waals surface area contributed by atoms with Gasteiger partial charge in [-0.05, 0) is 37.5 Å². The minimum Gasteiger partial charge on any atom is -0.508 e. The number of aliphatic carboxylic acids is 1. The summed E-state index contributed by atoms with van der Waals surface area (Å²) in [6, 6.07) is 3.57. The van der Waals surface area contributed by atoms with E-state index in [1.165, 1.54) is 12.1 Å².